The summed E-state index contributed by atoms with van der Waals surface area (Å²) in [5.41, 5.74) is 2.21. The predicted molar refractivity (Wildman–Crippen MR) is 286 cm³/mol. The molecule has 21 heteroatoms. The van der Waals surface area contributed by atoms with E-state index in [1.165, 1.54) is 9.80 Å². The van der Waals surface area contributed by atoms with E-state index in [0.29, 0.717) is 94.9 Å². The van der Waals surface area contributed by atoms with Crippen LogP contribution in [0.2, 0.25) is 10.0 Å². The van der Waals surface area contributed by atoms with E-state index in [1.54, 1.807) is 12.1 Å². The summed E-state index contributed by atoms with van der Waals surface area (Å²) in [6, 6.07) is 39.0. The van der Waals surface area contributed by atoms with Crippen LogP contribution >= 0.6 is 23.2 Å². The van der Waals surface area contributed by atoms with Gasteiger partial charge >= 0.3 is 29.6 Å². The van der Waals surface area contributed by atoms with Crippen LogP contribution in [-0.2, 0) is 52.5 Å². The van der Waals surface area contributed by atoms with E-state index in [0.717, 1.165) is 122 Å². The number of ether oxygens (including phenoxy) is 6. The smallest absolute Gasteiger partial charge is 1.00 e. The van der Waals surface area contributed by atoms with Crippen LogP contribution in [0, 0.1) is 0 Å². The zero-order valence-corrected chi connectivity index (χ0v) is 47.8. The SMILES string of the molecule is C1COCC[NH+]2CCOCCOCC[NH+](CCO1)CCOCCOCC2.Clc1ccccc1Cl.[Na+].[O-2].[V].c1ccc2c3[n-]c(c2c1)/N=c1\[n-]/c(c2ccccc12)=N\c1[n-]c(c2ccccc12)/N=c1\[n-]/c(c2ccccc12)=N\3. The number of benzene rings is 5. The van der Waals surface area contributed by atoms with Crippen molar-refractivity contribution in [1.29, 1.82) is 0 Å². The second kappa shape index (κ2) is 30.6. The van der Waals surface area contributed by atoms with Crippen molar-refractivity contribution in [2.75, 3.05) is 119 Å². The van der Waals surface area contributed by atoms with Gasteiger partial charge in [0.25, 0.3) is 0 Å². The average molecular weight is 1130 g/mol. The van der Waals surface area contributed by atoms with Gasteiger partial charge in [-0.25, -0.2) is 0 Å². The van der Waals surface area contributed by atoms with Gasteiger partial charge in [-0.1, -0.05) is 132 Å². The number of quaternary nitrogens is 2. The van der Waals surface area contributed by atoms with Gasteiger partial charge in [-0.15, -0.1) is 0 Å². The Hall–Kier alpha value is -4.74. The third kappa shape index (κ3) is 15.8. The Balaban J connectivity index is 0.000000202. The molecule has 13 rings (SSSR count). The molecule has 10 bridgehead atoms. The van der Waals surface area contributed by atoms with Crippen molar-refractivity contribution in [2.45, 2.75) is 0 Å². The zero-order chi connectivity index (χ0) is 50.3. The summed E-state index contributed by atoms with van der Waals surface area (Å²) in [6.07, 6.45) is 0. The molecule has 8 heterocycles. The summed E-state index contributed by atoms with van der Waals surface area (Å²) in [7, 11) is 0. The zero-order valence-electron chi connectivity index (χ0n) is 42.9. The maximum Gasteiger partial charge on any atom is 1.00 e. The van der Waals surface area contributed by atoms with E-state index in [2.05, 4.69) is 0 Å². The first-order valence-corrected chi connectivity index (χ1v) is 25.9. The normalized spacial score (nSPS) is 19.7. The molecule has 4 aliphatic heterocycles. The molecule has 4 aliphatic rings. The Labute approximate surface area is 489 Å². The summed E-state index contributed by atoms with van der Waals surface area (Å²) in [4.78, 5) is 42.2. The molecule has 3 saturated heterocycles. The molecule has 0 aliphatic carbocycles. The van der Waals surface area contributed by atoms with Gasteiger partial charge in [0.05, 0.1) is 89.3 Å². The Morgan fingerprint density at radius 1 is 0.312 bits per heavy atom. The largest absolute Gasteiger partial charge is 2.00 e. The molecule has 1 radical (unpaired) electrons. The third-order valence-corrected chi connectivity index (χ3v) is 13.6. The van der Waals surface area contributed by atoms with Crippen LogP contribution < -0.4 is 81.2 Å². The van der Waals surface area contributed by atoms with E-state index >= 15 is 0 Å². The molecule has 0 atom stereocenters. The van der Waals surface area contributed by atoms with E-state index in [4.69, 9.17) is 91.5 Å². The first-order chi connectivity index (χ1) is 36.6. The average Bonchev–Trinajstić information content (AvgIpc) is 4.23. The summed E-state index contributed by atoms with van der Waals surface area (Å²) in [5, 5.41) is 8.36. The van der Waals surface area contributed by atoms with Crippen LogP contribution in [0.4, 0.5) is 23.3 Å². The number of nitrogens with zero attached hydrogens (tertiary/aromatic N) is 8. The number of halogens is 2. The molecule has 0 unspecified atom stereocenters. The van der Waals surface area contributed by atoms with Gasteiger partial charge in [0.15, 0.2) is 0 Å². The maximum absolute atomic E-state index is 5.73. The molecule has 397 valence electrons. The van der Waals surface area contributed by atoms with Crippen molar-refractivity contribution in [1.82, 2.24) is 19.9 Å². The fraction of sp³-hybridized carbons (Fsp3) is 0.321. The van der Waals surface area contributed by atoms with Crippen molar-refractivity contribution < 1.29 is 91.8 Å². The van der Waals surface area contributed by atoms with Crippen molar-refractivity contribution in [3.05, 3.63) is 153 Å². The Kier molecular flexibility index (Phi) is 23.8. The molecule has 0 saturated carbocycles. The van der Waals surface area contributed by atoms with Crippen LogP contribution in [0.1, 0.15) is 0 Å². The van der Waals surface area contributed by atoms with Gasteiger partial charge < -0.3 is 83.6 Å². The third-order valence-electron chi connectivity index (χ3n) is 12.9. The second-order valence-electron chi connectivity index (χ2n) is 17.8. The number of hydrogen-bond donors (Lipinski definition) is 2. The Morgan fingerprint density at radius 2 is 0.519 bits per heavy atom. The van der Waals surface area contributed by atoms with Gasteiger partial charge in [0, 0.05) is 63.8 Å². The monoisotopic (exact) mass is 1130 g/mol. The standard InChI is InChI=1S/C32H16N8.C18H36N2O6.C6H4Cl2.Na.O.V/c1-2-10-18-17(9-1)25-33-26(18)38-28-21-13-5-6-14-22(21)30(35-28)40-32-24-16-8-7-15-23(24)31(36-32)39-29-20-12-4-3-11-19(20)27(34-29)37-25;1-7-21-13-14-24-10-4-20-5-11-25-17-15-22-8-2-19(1)3-9-23-16-18-26-12-6-20;7-5-3-1-2-4-6(5)8;;;/h1-16H;1-18H2;1-4H;;;/q-4;;;+1;-2;/p+2. The summed E-state index contributed by atoms with van der Waals surface area (Å²) >= 11 is 11.2. The molecule has 0 spiro atoms. The molecule has 5 aromatic carbocycles. The molecule has 9 aromatic rings. The number of rotatable bonds is 0. The molecule has 17 nitrogen and oxygen atoms in total. The molecule has 3 fully saturated rings. The molecular weight excluding hydrogens is 1070 g/mol. The van der Waals surface area contributed by atoms with E-state index in [1.807, 2.05) is 109 Å². The number of fused-ring (bicyclic) bond motifs is 41. The fourth-order valence-corrected chi connectivity index (χ4v) is 9.18. The van der Waals surface area contributed by atoms with E-state index in [9.17, 15) is 0 Å². The van der Waals surface area contributed by atoms with Crippen LogP contribution in [0.5, 0.6) is 0 Å². The first kappa shape index (κ1) is 59.9. The quantitative estimate of drug-likeness (QED) is 0.207. The van der Waals surface area contributed by atoms with Gasteiger partial charge in [0.2, 0.25) is 0 Å². The van der Waals surface area contributed by atoms with Crippen molar-refractivity contribution in [2.24, 2.45) is 20.0 Å². The topological polar surface area (TPSA) is 199 Å². The first-order valence-electron chi connectivity index (χ1n) is 25.2. The Morgan fingerprint density at radius 3 is 0.740 bits per heavy atom. The van der Waals surface area contributed by atoms with Crippen LogP contribution in [0.3, 0.4) is 0 Å². The molecule has 0 amide bonds. The maximum atomic E-state index is 5.73. The minimum atomic E-state index is 0. The summed E-state index contributed by atoms with van der Waals surface area (Å²) < 4.78 is 34.4. The number of hydrogen-bond acceptors (Lipinski definition) is 10. The van der Waals surface area contributed by atoms with Crippen molar-refractivity contribution in [3.8, 4) is 0 Å². The molecule has 77 heavy (non-hydrogen) atoms. The molecule has 2 N–H and O–H groups in total. The van der Waals surface area contributed by atoms with E-state index < -0.39 is 0 Å². The predicted octanol–water partition coefficient (Wildman–Crippen LogP) is 1.01. The number of aromatic nitrogens is 4. The molecule has 4 aromatic heterocycles. The van der Waals surface area contributed by atoms with Crippen molar-refractivity contribution >= 4 is 89.6 Å². The number of nitrogens with one attached hydrogen (secondary N) is 2. The van der Waals surface area contributed by atoms with Crippen molar-refractivity contribution in [3.63, 3.8) is 0 Å². The van der Waals surface area contributed by atoms with Gasteiger partial charge in [-0.3, -0.25) is 0 Å². The second-order valence-corrected chi connectivity index (χ2v) is 18.6. The van der Waals surface area contributed by atoms with Gasteiger partial charge in [-0.05, 0) is 55.2 Å². The Bertz CT molecular complexity index is 3110. The summed E-state index contributed by atoms with van der Waals surface area (Å²) in [6.45, 7) is 14.1. The fourth-order valence-electron chi connectivity index (χ4n) is 8.91. The minimum Gasteiger partial charge on any atom is -2.00 e. The minimum absolute atomic E-state index is 0. The van der Waals surface area contributed by atoms with Gasteiger partial charge in [0.1, 0.15) is 39.3 Å². The summed E-state index contributed by atoms with van der Waals surface area (Å²) in [5.74, 6) is 2.21. The van der Waals surface area contributed by atoms with Crippen LogP contribution in [0.15, 0.2) is 141 Å². The van der Waals surface area contributed by atoms with Crippen LogP contribution in [-0.4, -0.2) is 119 Å². The molecular formula is C56H58Cl2N10NaO7V-3. The van der Waals surface area contributed by atoms with E-state index in [-0.39, 0.29) is 53.6 Å². The van der Waals surface area contributed by atoms with Crippen LogP contribution in [0.25, 0.3) is 43.1 Å². The van der Waals surface area contributed by atoms with Gasteiger partial charge in [-0.2, -0.15) is 0 Å².